The number of hydrogen-bond donors (Lipinski definition) is 0. The highest BCUT2D eigenvalue weighted by Crippen LogP contribution is 2.39. The van der Waals surface area contributed by atoms with Gasteiger partial charge in [0, 0.05) is 10.6 Å². The van der Waals surface area contributed by atoms with Gasteiger partial charge in [0.15, 0.2) is 16.3 Å². The number of aromatic nitrogens is 1. The number of allylic oxidation sites excluding steroid dienone is 1. The molecule has 2 aliphatic rings. The first kappa shape index (κ1) is 27.0. The summed E-state index contributed by atoms with van der Waals surface area (Å²) in [6.45, 7) is 7.96. The van der Waals surface area contributed by atoms with Crippen LogP contribution in [0.3, 0.4) is 0 Å². The maximum Gasteiger partial charge on any atom is 0.338 e. The van der Waals surface area contributed by atoms with Gasteiger partial charge in [0.05, 0.1) is 34.6 Å². The normalized spacial score (nSPS) is 16.4. The minimum atomic E-state index is -0.746. The van der Waals surface area contributed by atoms with Crippen LogP contribution in [0.4, 0.5) is 0 Å². The van der Waals surface area contributed by atoms with E-state index in [-0.39, 0.29) is 25.1 Å². The number of rotatable bonds is 8. The predicted octanol–water partition coefficient (Wildman–Crippen LogP) is 4.75. The Morgan fingerprint density at radius 2 is 2.00 bits per heavy atom. The van der Waals surface area contributed by atoms with Gasteiger partial charge in [-0.05, 0) is 69.2 Å². The van der Waals surface area contributed by atoms with Gasteiger partial charge in [0.1, 0.15) is 5.75 Å². The van der Waals surface area contributed by atoms with Gasteiger partial charge >= 0.3 is 5.97 Å². The molecule has 1 aromatic heterocycles. The van der Waals surface area contributed by atoms with Gasteiger partial charge in [0.2, 0.25) is 6.79 Å². The Kier molecular flexibility index (Phi) is 7.81. The molecular weight excluding hydrogens is 540 g/mol. The molecule has 0 spiro atoms. The van der Waals surface area contributed by atoms with Gasteiger partial charge < -0.3 is 18.9 Å². The standard InChI is InChI=1S/C29H29ClN2O6S/c1-5-7-20-25(28(34)35-6-2)26(17-8-10-22-23(13-17)37-15-36-22)32-27(33)24(39-29(32)31-20)14-18-12-19(30)9-11-21(18)38-16(3)4/h8-14,16,26H,5-7,15H2,1-4H3/b24-14+/t26-/m0/s1. The number of esters is 1. The average Bonchev–Trinajstić information content (AvgIpc) is 3.48. The summed E-state index contributed by atoms with van der Waals surface area (Å²) in [5.74, 6) is 1.29. The molecule has 8 nitrogen and oxygen atoms in total. The molecule has 39 heavy (non-hydrogen) atoms. The van der Waals surface area contributed by atoms with Crippen molar-refractivity contribution >= 4 is 35.0 Å². The molecule has 1 atom stereocenters. The summed E-state index contributed by atoms with van der Waals surface area (Å²) in [4.78, 5) is 32.7. The average molecular weight is 569 g/mol. The monoisotopic (exact) mass is 568 g/mol. The molecule has 10 heteroatoms. The number of halogens is 1. The van der Waals surface area contributed by atoms with E-state index in [1.165, 1.54) is 11.3 Å². The van der Waals surface area contributed by atoms with Crippen LogP contribution >= 0.6 is 22.9 Å². The molecule has 2 aliphatic heterocycles. The molecule has 0 N–H and O–H groups in total. The van der Waals surface area contributed by atoms with Crippen LogP contribution in [0.25, 0.3) is 6.08 Å². The number of nitrogens with zero attached hydrogens (tertiary/aromatic N) is 2. The van der Waals surface area contributed by atoms with Crippen LogP contribution < -0.4 is 29.1 Å². The Labute approximate surface area is 234 Å². The van der Waals surface area contributed by atoms with E-state index >= 15 is 0 Å². The van der Waals surface area contributed by atoms with E-state index in [0.29, 0.717) is 60.4 Å². The number of ether oxygens (including phenoxy) is 4. The molecule has 3 heterocycles. The molecule has 3 aromatic rings. The van der Waals surface area contributed by atoms with Crippen LogP contribution in [-0.4, -0.2) is 30.0 Å². The number of carbonyl (C=O) groups excluding carboxylic acids is 1. The van der Waals surface area contributed by atoms with Crippen LogP contribution in [-0.2, 0) is 9.53 Å². The van der Waals surface area contributed by atoms with Crippen LogP contribution in [0, 0.1) is 0 Å². The second-order valence-electron chi connectivity index (χ2n) is 9.38. The zero-order chi connectivity index (χ0) is 27.7. The summed E-state index contributed by atoms with van der Waals surface area (Å²) in [7, 11) is 0. The molecule has 204 valence electrons. The molecule has 0 unspecified atom stereocenters. The maximum atomic E-state index is 14.0. The van der Waals surface area contributed by atoms with Gasteiger partial charge in [-0.2, -0.15) is 0 Å². The summed E-state index contributed by atoms with van der Waals surface area (Å²) < 4.78 is 24.5. The number of fused-ring (bicyclic) bond motifs is 2. The third-order valence-electron chi connectivity index (χ3n) is 6.23. The molecule has 0 radical (unpaired) electrons. The second-order valence-corrected chi connectivity index (χ2v) is 10.8. The summed E-state index contributed by atoms with van der Waals surface area (Å²) in [6, 6.07) is 10.00. The Morgan fingerprint density at radius 1 is 1.21 bits per heavy atom. The van der Waals surface area contributed by atoms with E-state index < -0.39 is 12.0 Å². The summed E-state index contributed by atoms with van der Waals surface area (Å²) >= 11 is 7.55. The molecule has 5 rings (SSSR count). The van der Waals surface area contributed by atoms with Crippen molar-refractivity contribution in [2.24, 2.45) is 4.99 Å². The Morgan fingerprint density at radius 3 is 2.74 bits per heavy atom. The lowest BCUT2D eigenvalue weighted by molar-refractivity contribution is -0.139. The first-order valence-corrected chi connectivity index (χ1v) is 14.1. The molecule has 0 saturated heterocycles. The van der Waals surface area contributed by atoms with Crippen molar-refractivity contribution in [1.82, 2.24) is 4.57 Å². The molecule has 0 saturated carbocycles. The van der Waals surface area contributed by atoms with Crippen LogP contribution in [0.5, 0.6) is 17.2 Å². The van der Waals surface area contributed by atoms with Gasteiger partial charge in [-0.25, -0.2) is 9.79 Å². The van der Waals surface area contributed by atoms with Crippen molar-refractivity contribution in [3.63, 3.8) is 0 Å². The fourth-order valence-corrected chi connectivity index (χ4v) is 5.85. The fourth-order valence-electron chi connectivity index (χ4n) is 4.65. The fraction of sp³-hybridized carbons (Fsp3) is 0.345. The first-order chi connectivity index (χ1) is 18.8. The number of benzene rings is 2. The summed E-state index contributed by atoms with van der Waals surface area (Å²) in [5, 5.41) is 0.526. The summed E-state index contributed by atoms with van der Waals surface area (Å²) in [6.07, 6.45) is 3.02. The van der Waals surface area contributed by atoms with Crippen molar-refractivity contribution in [3.8, 4) is 17.2 Å². The molecule has 0 bridgehead atoms. The molecule has 0 amide bonds. The van der Waals surface area contributed by atoms with Gasteiger partial charge in [0.25, 0.3) is 5.56 Å². The largest absolute Gasteiger partial charge is 0.490 e. The van der Waals surface area contributed by atoms with Crippen molar-refractivity contribution in [2.75, 3.05) is 13.4 Å². The highest BCUT2D eigenvalue weighted by Gasteiger charge is 2.35. The minimum absolute atomic E-state index is 0.0608. The van der Waals surface area contributed by atoms with Crippen LogP contribution in [0.1, 0.15) is 57.7 Å². The van der Waals surface area contributed by atoms with Gasteiger partial charge in [-0.15, -0.1) is 0 Å². The van der Waals surface area contributed by atoms with E-state index in [0.717, 1.165) is 6.42 Å². The van der Waals surface area contributed by atoms with E-state index in [2.05, 4.69) is 0 Å². The highest BCUT2D eigenvalue weighted by molar-refractivity contribution is 7.07. The quantitative estimate of drug-likeness (QED) is 0.365. The smallest absolute Gasteiger partial charge is 0.338 e. The Hall–Kier alpha value is -3.56. The van der Waals surface area contributed by atoms with Crippen molar-refractivity contribution in [2.45, 2.75) is 52.7 Å². The van der Waals surface area contributed by atoms with Crippen molar-refractivity contribution in [1.29, 1.82) is 0 Å². The van der Waals surface area contributed by atoms with Crippen LogP contribution in [0.2, 0.25) is 5.02 Å². The topological polar surface area (TPSA) is 88.4 Å². The molecule has 0 fully saturated rings. The minimum Gasteiger partial charge on any atom is -0.490 e. The number of carbonyl (C=O) groups is 1. The first-order valence-electron chi connectivity index (χ1n) is 12.9. The van der Waals surface area contributed by atoms with Crippen molar-refractivity contribution in [3.05, 3.63) is 83.5 Å². The SMILES string of the molecule is CCCC1=C(C(=O)OCC)[C@H](c2ccc3c(c2)OCO3)n2c(s/c(=C/c3cc(Cl)ccc3OC(C)C)c2=O)=N1. The van der Waals surface area contributed by atoms with E-state index in [1.807, 2.05) is 32.9 Å². The lowest BCUT2D eigenvalue weighted by atomic mass is 9.94. The molecular formula is C29H29ClN2O6S. The van der Waals surface area contributed by atoms with E-state index in [4.69, 9.17) is 35.5 Å². The predicted molar refractivity (Wildman–Crippen MR) is 149 cm³/mol. The second kappa shape index (κ2) is 11.3. The van der Waals surface area contributed by atoms with Crippen LogP contribution in [0.15, 0.2) is 57.5 Å². The molecule has 2 aromatic carbocycles. The van der Waals surface area contributed by atoms with E-state index in [1.54, 1.807) is 41.8 Å². The van der Waals surface area contributed by atoms with E-state index in [9.17, 15) is 9.59 Å². The lowest BCUT2D eigenvalue weighted by Crippen LogP contribution is -2.40. The summed E-state index contributed by atoms with van der Waals surface area (Å²) in [5.41, 5.74) is 2.06. The molecule has 0 aliphatic carbocycles. The lowest BCUT2D eigenvalue weighted by Gasteiger charge is -2.25. The third-order valence-corrected chi connectivity index (χ3v) is 7.44. The van der Waals surface area contributed by atoms with Gasteiger partial charge in [-0.3, -0.25) is 9.36 Å². The Bertz CT molecular complexity index is 1640. The highest BCUT2D eigenvalue weighted by atomic mass is 35.5. The maximum absolute atomic E-state index is 14.0. The number of thiazole rings is 1. The number of hydrogen-bond acceptors (Lipinski definition) is 8. The Balaban J connectivity index is 1.75. The zero-order valence-corrected chi connectivity index (χ0v) is 23.7. The van der Waals surface area contributed by atoms with Crippen molar-refractivity contribution < 1.29 is 23.7 Å². The third kappa shape index (κ3) is 5.33. The zero-order valence-electron chi connectivity index (χ0n) is 22.2. The van der Waals surface area contributed by atoms with Gasteiger partial charge in [-0.1, -0.05) is 42.3 Å².